The summed E-state index contributed by atoms with van der Waals surface area (Å²) in [5.74, 6) is -0.471. The number of nitrogens with zero attached hydrogens (tertiary/aromatic N) is 1. The Labute approximate surface area is 179 Å². The molecule has 7 nitrogen and oxygen atoms in total. The number of amides is 1. The smallest absolute Gasteiger partial charge is 0.276 e. The van der Waals surface area contributed by atoms with Gasteiger partial charge in [0, 0.05) is 11.1 Å². The Balaban J connectivity index is 1.77. The first kappa shape index (κ1) is 20.4. The van der Waals surface area contributed by atoms with Crippen molar-refractivity contribution < 1.29 is 17.6 Å². The van der Waals surface area contributed by atoms with E-state index in [4.69, 9.17) is 4.42 Å². The molecule has 4 rings (SSSR count). The third-order valence-corrected chi connectivity index (χ3v) is 5.84. The van der Waals surface area contributed by atoms with Crippen molar-refractivity contribution in [2.24, 2.45) is 5.10 Å². The lowest BCUT2D eigenvalue weighted by Gasteiger charge is -2.09. The van der Waals surface area contributed by atoms with Crippen LogP contribution in [0.1, 0.15) is 15.9 Å². The summed E-state index contributed by atoms with van der Waals surface area (Å²) in [7, 11) is -3.93. The predicted molar refractivity (Wildman–Crippen MR) is 118 cm³/mol. The van der Waals surface area contributed by atoms with Crippen LogP contribution in [0, 0.1) is 6.92 Å². The van der Waals surface area contributed by atoms with Gasteiger partial charge in [-0.1, -0.05) is 54.6 Å². The van der Waals surface area contributed by atoms with E-state index in [1.807, 2.05) is 31.2 Å². The van der Waals surface area contributed by atoms with Gasteiger partial charge in [0.1, 0.15) is 11.1 Å². The third kappa shape index (κ3) is 4.49. The molecule has 1 heterocycles. The van der Waals surface area contributed by atoms with Crippen LogP contribution in [0.15, 0.2) is 99.3 Å². The maximum absolute atomic E-state index is 13.0. The largest absolute Gasteiger partial charge is 0.436 e. The summed E-state index contributed by atoms with van der Waals surface area (Å²) in [6.45, 7) is 1.87. The molecule has 0 bridgehead atoms. The van der Waals surface area contributed by atoms with Gasteiger partial charge in [0.05, 0.1) is 4.90 Å². The van der Waals surface area contributed by atoms with Crippen molar-refractivity contribution in [3.63, 3.8) is 0 Å². The van der Waals surface area contributed by atoms with Crippen LogP contribution in [0.2, 0.25) is 0 Å². The van der Waals surface area contributed by atoms with Crippen molar-refractivity contribution in [2.75, 3.05) is 5.32 Å². The van der Waals surface area contributed by atoms with Crippen LogP contribution in [0.5, 0.6) is 0 Å². The Morgan fingerprint density at radius 1 is 0.903 bits per heavy atom. The maximum Gasteiger partial charge on any atom is 0.276 e. The molecule has 0 saturated heterocycles. The van der Waals surface area contributed by atoms with Gasteiger partial charge in [-0.3, -0.25) is 4.79 Å². The average molecular weight is 433 g/mol. The summed E-state index contributed by atoms with van der Waals surface area (Å²) >= 11 is 0. The highest BCUT2D eigenvalue weighted by Gasteiger charge is 2.16. The molecule has 0 aliphatic rings. The Morgan fingerprint density at radius 3 is 2.35 bits per heavy atom. The Hall–Kier alpha value is -3.91. The number of benzene rings is 3. The molecule has 3 aromatic carbocycles. The number of rotatable bonds is 5. The number of fused-ring (bicyclic) bond motifs is 1. The molecular weight excluding hydrogens is 414 g/mol. The SMILES string of the molecule is Cc1ccccc1NC(=O)c1cc2ccccc2o/c1=N\NS(=O)(=O)c1ccccc1. The fraction of sp³-hybridized carbons (Fsp3) is 0.0435. The van der Waals surface area contributed by atoms with Crippen molar-refractivity contribution in [1.82, 2.24) is 4.83 Å². The van der Waals surface area contributed by atoms with Gasteiger partial charge in [-0.15, -0.1) is 5.10 Å². The molecule has 0 spiro atoms. The summed E-state index contributed by atoms with van der Waals surface area (Å²) in [4.78, 5) is 15.2. The van der Waals surface area contributed by atoms with Gasteiger partial charge >= 0.3 is 0 Å². The van der Waals surface area contributed by atoms with Crippen molar-refractivity contribution in [3.05, 3.63) is 102 Å². The van der Waals surface area contributed by atoms with Gasteiger partial charge in [-0.2, -0.15) is 13.2 Å². The van der Waals surface area contributed by atoms with Crippen LogP contribution >= 0.6 is 0 Å². The van der Waals surface area contributed by atoms with E-state index in [-0.39, 0.29) is 16.0 Å². The van der Waals surface area contributed by atoms with Crippen LogP contribution in [0.3, 0.4) is 0 Å². The standard InChI is InChI=1S/C23H19N3O4S/c1-16-9-5-7-13-20(16)24-22(27)19-15-17-10-6-8-14-21(17)30-23(19)25-26-31(28,29)18-11-3-2-4-12-18/h2-15,26H,1H3,(H,24,27)/b25-23-. The second-order valence-corrected chi connectivity index (χ2v) is 8.45. The van der Waals surface area contributed by atoms with Crippen molar-refractivity contribution in [2.45, 2.75) is 11.8 Å². The van der Waals surface area contributed by atoms with E-state index in [0.717, 1.165) is 5.56 Å². The average Bonchev–Trinajstić information content (AvgIpc) is 2.79. The van der Waals surface area contributed by atoms with E-state index < -0.39 is 15.9 Å². The molecule has 0 radical (unpaired) electrons. The summed E-state index contributed by atoms with van der Waals surface area (Å²) in [6, 6.07) is 23.9. The highest BCUT2D eigenvalue weighted by molar-refractivity contribution is 7.89. The van der Waals surface area contributed by atoms with Gasteiger partial charge in [-0.05, 0) is 42.8 Å². The fourth-order valence-electron chi connectivity index (χ4n) is 2.97. The molecule has 8 heteroatoms. The van der Waals surface area contributed by atoms with E-state index >= 15 is 0 Å². The van der Waals surface area contributed by atoms with Crippen LogP contribution in [0.25, 0.3) is 11.0 Å². The van der Waals surface area contributed by atoms with Crippen LogP contribution in [0.4, 0.5) is 5.69 Å². The Kier molecular flexibility index (Phi) is 5.55. The van der Waals surface area contributed by atoms with Gasteiger partial charge < -0.3 is 9.73 Å². The third-order valence-electron chi connectivity index (χ3n) is 4.61. The highest BCUT2D eigenvalue weighted by Crippen LogP contribution is 2.17. The van der Waals surface area contributed by atoms with Crippen LogP contribution < -0.4 is 15.7 Å². The lowest BCUT2D eigenvalue weighted by molar-refractivity contribution is 0.102. The Bertz CT molecular complexity index is 1430. The summed E-state index contributed by atoms with van der Waals surface area (Å²) < 4.78 is 30.8. The molecule has 0 saturated carbocycles. The first-order valence-corrected chi connectivity index (χ1v) is 10.9. The second-order valence-electron chi connectivity index (χ2n) is 6.79. The topological polar surface area (TPSA) is 101 Å². The number of hydrogen-bond donors (Lipinski definition) is 2. The highest BCUT2D eigenvalue weighted by atomic mass is 32.2. The molecule has 31 heavy (non-hydrogen) atoms. The number of carbonyl (C=O) groups excluding carboxylic acids is 1. The number of para-hydroxylation sites is 2. The molecule has 156 valence electrons. The molecule has 4 aromatic rings. The van der Waals surface area contributed by atoms with E-state index in [1.54, 1.807) is 48.5 Å². The van der Waals surface area contributed by atoms with E-state index in [9.17, 15) is 13.2 Å². The second kappa shape index (κ2) is 8.45. The lowest BCUT2D eigenvalue weighted by Crippen LogP contribution is -2.27. The molecule has 2 N–H and O–H groups in total. The quantitative estimate of drug-likeness (QED) is 0.468. The first-order chi connectivity index (χ1) is 14.9. The zero-order chi connectivity index (χ0) is 21.8. The molecule has 0 unspecified atom stereocenters. The molecule has 0 atom stereocenters. The van der Waals surface area contributed by atoms with Crippen molar-refractivity contribution in [3.8, 4) is 0 Å². The van der Waals surface area contributed by atoms with Crippen LogP contribution in [-0.4, -0.2) is 14.3 Å². The fourth-order valence-corrected chi connectivity index (χ4v) is 3.80. The molecule has 0 fully saturated rings. The molecular formula is C23H19N3O4S. The van der Waals surface area contributed by atoms with Crippen molar-refractivity contribution >= 4 is 32.6 Å². The maximum atomic E-state index is 13.0. The Morgan fingerprint density at radius 2 is 1.58 bits per heavy atom. The van der Waals surface area contributed by atoms with Crippen LogP contribution in [-0.2, 0) is 10.0 Å². The van der Waals surface area contributed by atoms with Gasteiger partial charge in [0.2, 0.25) is 5.55 Å². The van der Waals surface area contributed by atoms with Gasteiger partial charge in [0.25, 0.3) is 15.9 Å². The van der Waals surface area contributed by atoms with Gasteiger partial charge in [-0.25, -0.2) is 0 Å². The minimum atomic E-state index is -3.93. The van der Waals surface area contributed by atoms with E-state index in [2.05, 4.69) is 15.2 Å². The van der Waals surface area contributed by atoms with E-state index in [0.29, 0.717) is 16.7 Å². The number of sulfonamides is 1. The predicted octanol–water partition coefficient (Wildman–Crippen LogP) is 3.79. The molecule has 1 aromatic heterocycles. The zero-order valence-electron chi connectivity index (χ0n) is 16.6. The molecule has 0 aliphatic carbocycles. The zero-order valence-corrected chi connectivity index (χ0v) is 17.4. The monoisotopic (exact) mass is 433 g/mol. The van der Waals surface area contributed by atoms with Crippen molar-refractivity contribution in [1.29, 1.82) is 0 Å². The summed E-state index contributed by atoms with van der Waals surface area (Å²) in [5.41, 5.74) is 1.93. The van der Waals surface area contributed by atoms with E-state index in [1.165, 1.54) is 12.1 Å². The summed E-state index contributed by atoms with van der Waals surface area (Å²) in [5, 5.41) is 7.43. The number of hydrogen-bond acceptors (Lipinski definition) is 5. The number of anilines is 1. The number of carbonyl (C=O) groups is 1. The summed E-state index contributed by atoms with van der Waals surface area (Å²) in [6.07, 6.45) is 0. The first-order valence-electron chi connectivity index (χ1n) is 9.44. The minimum Gasteiger partial charge on any atom is -0.436 e. The molecule has 0 aliphatic heterocycles. The minimum absolute atomic E-state index is 0.0467. The number of aryl methyl sites for hydroxylation is 1. The lowest BCUT2D eigenvalue weighted by atomic mass is 10.1. The number of nitrogens with one attached hydrogen (secondary N) is 2. The van der Waals surface area contributed by atoms with Gasteiger partial charge in [0.15, 0.2) is 0 Å². The normalized spacial score (nSPS) is 12.0. The molecule has 1 amide bonds.